The van der Waals surface area contributed by atoms with Crippen LogP contribution in [0.15, 0.2) is 42.6 Å². The van der Waals surface area contributed by atoms with E-state index in [1.165, 1.54) is 12.1 Å². The van der Waals surface area contributed by atoms with Crippen molar-refractivity contribution in [2.45, 2.75) is 24.9 Å². The molecule has 0 bridgehead atoms. The lowest BCUT2D eigenvalue weighted by molar-refractivity contribution is -0.137. The molecular weight excluding hydrogens is 411 g/mol. The zero-order chi connectivity index (χ0) is 22.0. The Labute approximate surface area is 176 Å². The van der Waals surface area contributed by atoms with Gasteiger partial charge in [0, 0.05) is 44.4 Å². The number of likely N-dealkylation sites (tertiary alicyclic amines) is 1. The fourth-order valence-electron chi connectivity index (χ4n) is 3.69. The number of aromatic amines is 1. The van der Waals surface area contributed by atoms with Gasteiger partial charge in [-0.05, 0) is 36.8 Å². The van der Waals surface area contributed by atoms with Gasteiger partial charge in [-0.2, -0.15) is 23.4 Å². The third kappa shape index (κ3) is 4.73. The number of carbonyl (C=O) groups excluding carboxylic acids is 1. The average Bonchev–Trinajstić information content (AvgIpc) is 3.47. The minimum atomic E-state index is -4.40. The van der Waals surface area contributed by atoms with E-state index in [4.69, 9.17) is 4.74 Å². The zero-order valence-corrected chi connectivity index (χ0v) is 16.9. The quantitative estimate of drug-likeness (QED) is 0.647. The van der Waals surface area contributed by atoms with Crippen molar-refractivity contribution in [2.24, 2.45) is 7.05 Å². The van der Waals surface area contributed by atoms with Crippen molar-refractivity contribution in [1.82, 2.24) is 24.9 Å². The van der Waals surface area contributed by atoms with Gasteiger partial charge in [0.1, 0.15) is 11.4 Å². The van der Waals surface area contributed by atoms with Crippen LogP contribution in [0.25, 0.3) is 0 Å². The second-order valence-corrected chi connectivity index (χ2v) is 7.52. The molecule has 1 saturated heterocycles. The van der Waals surface area contributed by atoms with Crippen molar-refractivity contribution in [3.05, 3.63) is 65.2 Å². The number of ether oxygens (including phenoxy) is 1. The molecule has 1 fully saturated rings. The van der Waals surface area contributed by atoms with Gasteiger partial charge >= 0.3 is 6.18 Å². The molecule has 31 heavy (non-hydrogen) atoms. The Morgan fingerprint density at radius 2 is 2.13 bits per heavy atom. The summed E-state index contributed by atoms with van der Waals surface area (Å²) in [5.41, 5.74) is 1.52. The van der Waals surface area contributed by atoms with Crippen molar-refractivity contribution in [3.63, 3.8) is 0 Å². The Hall–Kier alpha value is -3.30. The van der Waals surface area contributed by atoms with Crippen molar-refractivity contribution in [2.75, 3.05) is 19.7 Å². The number of nitrogens with one attached hydrogen (secondary N) is 1. The first-order valence-corrected chi connectivity index (χ1v) is 9.93. The van der Waals surface area contributed by atoms with Gasteiger partial charge in [-0.25, -0.2) is 0 Å². The molecule has 0 radical (unpaired) electrons. The predicted molar refractivity (Wildman–Crippen MR) is 106 cm³/mol. The number of halogens is 3. The van der Waals surface area contributed by atoms with Gasteiger partial charge in [-0.3, -0.25) is 14.6 Å². The zero-order valence-electron chi connectivity index (χ0n) is 16.9. The Morgan fingerprint density at radius 3 is 2.87 bits per heavy atom. The number of H-pyrrole nitrogens is 1. The molecule has 164 valence electrons. The van der Waals surface area contributed by atoms with Crippen LogP contribution in [0.3, 0.4) is 0 Å². The van der Waals surface area contributed by atoms with Gasteiger partial charge < -0.3 is 9.64 Å². The standard InChI is InChI=1S/C21H22F3N5O2/c1-28-19(5-8-25-28)20(30)29-9-6-14(13-29)18-12-16(26-27-18)7-10-31-17-4-2-3-15(11-17)21(22,23)24/h2-5,8,11-12,14H,6-7,9-10,13H2,1H3,(H,26,27)/t14-/m1/s1. The number of alkyl halides is 3. The van der Waals surface area contributed by atoms with Crippen LogP contribution < -0.4 is 4.74 Å². The molecule has 1 aliphatic heterocycles. The first kappa shape index (κ1) is 21.0. The van der Waals surface area contributed by atoms with E-state index < -0.39 is 11.7 Å². The van der Waals surface area contributed by atoms with Crippen LogP contribution in [0.5, 0.6) is 5.75 Å². The van der Waals surface area contributed by atoms with Crippen molar-refractivity contribution in [3.8, 4) is 5.75 Å². The minimum Gasteiger partial charge on any atom is -0.493 e. The van der Waals surface area contributed by atoms with E-state index in [0.717, 1.165) is 29.9 Å². The molecule has 7 nitrogen and oxygen atoms in total. The van der Waals surface area contributed by atoms with Crippen LogP contribution in [-0.2, 0) is 19.6 Å². The summed E-state index contributed by atoms with van der Waals surface area (Å²) in [4.78, 5) is 14.4. The molecule has 10 heteroatoms. The fourth-order valence-corrected chi connectivity index (χ4v) is 3.69. The highest BCUT2D eigenvalue weighted by Crippen LogP contribution is 2.31. The molecule has 3 aromatic rings. The molecule has 1 aliphatic rings. The number of nitrogens with zero attached hydrogens (tertiary/aromatic N) is 4. The van der Waals surface area contributed by atoms with E-state index in [-0.39, 0.29) is 24.2 Å². The summed E-state index contributed by atoms with van der Waals surface area (Å²) in [5.74, 6) is 0.258. The molecule has 0 unspecified atom stereocenters. The number of hydrogen-bond donors (Lipinski definition) is 1. The highest BCUT2D eigenvalue weighted by molar-refractivity contribution is 5.92. The highest BCUT2D eigenvalue weighted by Gasteiger charge is 2.31. The molecule has 1 amide bonds. The molecule has 1 aromatic carbocycles. The second-order valence-electron chi connectivity index (χ2n) is 7.52. The molecule has 4 rings (SSSR count). The topological polar surface area (TPSA) is 76.0 Å². The van der Waals surface area contributed by atoms with Crippen LogP contribution in [0.2, 0.25) is 0 Å². The maximum Gasteiger partial charge on any atom is 0.416 e. The smallest absolute Gasteiger partial charge is 0.416 e. The lowest BCUT2D eigenvalue weighted by Crippen LogP contribution is -2.30. The Morgan fingerprint density at radius 1 is 1.29 bits per heavy atom. The number of rotatable bonds is 6. The second kappa shape index (κ2) is 8.44. The lowest BCUT2D eigenvalue weighted by atomic mass is 10.0. The van der Waals surface area contributed by atoms with E-state index >= 15 is 0 Å². The van der Waals surface area contributed by atoms with E-state index in [1.54, 1.807) is 28.9 Å². The summed E-state index contributed by atoms with van der Waals surface area (Å²) in [6.07, 6.45) is -1.50. The predicted octanol–water partition coefficient (Wildman–Crippen LogP) is 3.41. The summed E-state index contributed by atoms with van der Waals surface area (Å²) >= 11 is 0. The maximum atomic E-state index is 12.8. The minimum absolute atomic E-state index is 0.0484. The summed E-state index contributed by atoms with van der Waals surface area (Å²) < 4.78 is 45.4. The van der Waals surface area contributed by atoms with Crippen LogP contribution in [-0.4, -0.2) is 50.5 Å². The fraction of sp³-hybridized carbons (Fsp3) is 0.381. The number of aromatic nitrogens is 4. The van der Waals surface area contributed by atoms with Gasteiger partial charge in [-0.15, -0.1) is 0 Å². The summed E-state index contributed by atoms with van der Waals surface area (Å²) in [5, 5.41) is 11.4. The lowest BCUT2D eigenvalue weighted by Gasteiger charge is -2.15. The number of amides is 1. The molecule has 1 N–H and O–H groups in total. The van der Waals surface area contributed by atoms with Crippen LogP contribution in [0.4, 0.5) is 13.2 Å². The Balaban J connectivity index is 1.30. The third-order valence-corrected chi connectivity index (χ3v) is 5.39. The van der Waals surface area contributed by atoms with Crippen LogP contribution in [0.1, 0.15) is 39.8 Å². The Kier molecular flexibility index (Phi) is 5.71. The number of benzene rings is 1. The van der Waals surface area contributed by atoms with Gasteiger partial charge in [0.15, 0.2) is 0 Å². The van der Waals surface area contributed by atoms with E-state index in [9.17, 15) is 18.0 Å². The van der Waals surface area contributed by atoms with E-state index in [2.05, 4.69) is 15.3 Å². The summed E-state index contributed by atoms with van der Waals surface area (Å²) in [6, 6.07) is 8.46. The molecule has 0 aliphatic carbocycles. The van der Waals surface area contributed by atoms with Crippen LogP contribution >= 0.6 is 0 Å². The molecular formula is C21H22F3N5O2. The van der Waals surface area contributed by atoms with Gasteiger partial charge in [0.25, 0.3) is 5.91 Å². The Bertz CT molecular complexity index is 1060. The SMILES string of the molecule is Cn1nccc1C(=O)N1CC[C@@H](c2cc(CCOc3cccc(C(F)(F)F)c3)[nH]n2)C1. The van der Waals surface area contributed by atoms with Gasteiger partial charge in [0.2, 0.25) is 0 Å². The molecule has 2 aromatic heterocycles. The van der Waals surface area contributed by atoms with Crippen molar-refractivity contribution >= 4 is 5.91 Å². The monoisotopic (exact) mass is 433 g/mol. The van der Waals surface area contributed by atoms with Crippen molar-refractivity contribution in [1.29, 1.82) is 0 Å². The normalized spacial score (nSPS) is 16.6. The first-order valence-electron chi connectivity index (χ1n) is 9.93. The molecule has 3 heterocycles. The molecule has 0 spiro atoms. The molecule has 1 atom stereocenters. The van der Waals surface area contributed by atoms with Crippen molar-refractivity contribution < 1.29 is 22.7 Å². The van der Waals surface area contributed by atoms with Gasteiger partial charge in [0.05, 0.1) is 17.9 Å². The van der Waals surface area contributed by atoms with E-state index in [1.807, 2.05) is 6.07 Å². The summed E-state index contributed by atoms with van der Waals surface area (Å²) in [6.45, 7) is 1.45. The number of carbonyl (C=O) groups is 1. The average molecular weight is 433 g/mol. The largest absolute Gasteiger partial charge is 0.493 e. The first-order chi connectivity index (χ1) is 14.8. The maximum absolute atomic E-state index is 12.8. The highest BCUT2D eigenvalue weighted by atomic mass is 19.4. The summed E-state index contributed by atoms with van der Waals surface area (Å²) in [7, 11) is 1.74. The van der Waals surface area contributed by atoms with E-state index in [0.29, 0.717) is 25.2 Å². The third-order valence-electron chi connectivity index (χ3n) is 5.39. The number of hydrogen-bond acceptors (Lipinski definition) is 4. The van der Waals surface area contributed by atoms with Gasteiger partial charge in [-0.1, -0.05) is 6.07 Å². The van der Waals surface area contributed by atoms with Crippen LogP contribution in [0, 0.1) is 0 Å². The molecule has 0 saturated carbocycles. The number of aryl methyl sites for hydroxylation is 1.